The van der Waals surface area contributed by atoms with E-state index in [0.717, 1.165) is 27.8 Å². The third-order valence-electron chi connectivity index (χ3n) is 6.08. The highest BCUT2D eigenvalue weighted by molar-refractivity contribution is 7.17. The Morgan fingerprint density at radius 2 is 1.31 bits per heavy atom. The van der Waals surface area contributed by atoms with E-state index in [0.29, 0.717) is 44.2 Å². The predicted molar refractivity (Wildman–Crippen MR) is 177 cm³/mol. The van der Waals surface area contributed by atoms with E-state index < -0.39 is 0 Å². The summed E-state index contributed by atoms with van der Waals surface area (Å²) >= 11 is 8.72. The fraction of sp³-hybridized carbons (Fsp3) is 0.167. The number of ketones is 1. The van der Waals surface area contributed by atoms with Crippen LogP contribution in [0.4, 0.5) is 23.3 Å². The molecule has 15 heteroatoms. The number of carbonyl (C=O) groups is 1. The molecule has 0 spiro atoms. The first kappa shape index (κ1) is 31.5. The molecule has 0 aliphatic heterocycles. The number of carbonyl (C=O) groups excluding carboxylic acids is 1. The van der Waals surface area contributed by atoms with Gasteiger partial charge in [-0.3, -0.25) is 4.79 Å². The maximum atomic E-state index is 11.6. The van der Waals surface area contributed by atoms with Crippen LogP contribution >= 0.6 is 34.3 Å². The molecule has 0 saturated carbocycles. The number of ether oxygens (including phenoxy) is 1. The molecular weight excluding hydrogens is 632 g/mol. The lowest BCUT2D eigenvalue weighted by molar-refractivity contribution is 0.102. The van der Waals surface area contributed by atoms with E-state index in [1.54, 1.807) is 67.5 Å². The molecule has 12 nitrogen and oxygen atoms in total. The summed E-state index contributed by atoms with van der Waals surface area (Å²) in [6.45, 7) is 7.40. The molecule has 6 aromatic rings. The van der Waals surface area contributed by atoms with Crippen LogP contribution in [0, 0.1) is 20.8 Å². The highest BCUT2D eigenvalue weighted by atomic mass is 35.5. The zero-order chi connectivity index (χ0) is 31.9. The molecule has 0 aliphatic carbocycles. The summed E-state index contributed by atoms with van der Waals surface area (Å²) in [4.78, 5) is 47.8. The molecule has 2 N–H and O–H groups in total. The minimum Gasteiger partial charge on any atom is -0.481 e. The lowest BCUT2D eigenvalue weighted by Gasteiger charge is -2.05. The van der Waals surface area contributed by atoms with E-state index in [2.05, 4.69) is 57.4 Å². The molecule has 0 bridgehead atoms. The molecule has 0 fully saturated rings. The van der Waals surface area contributed by atoms with Gasteiger partial charge in [-0.1, -0.05) is 11.6 Å². The zero-order valence-corrected chi connectivity index (χ0v) is 27.3. The minimum atomic E-state index is 0.00546. The number of hydrogen-bond acceptors (Lipinski definition) is 14. The number of rotatable bonds is 8. The van der Waals surface area contributed by atoms with Crippen LogP contribution in [0.2, 0.25) is 5.15 Å². The van der Waals surface area contributed by atoms with Crippen LogP contribution in [0.3, 0.4) is 0 Å². The van der Waals surface area contributed by atoms with Gasteiger partial charge in [-0.2, -0.15) is 0 Å². The van der Waals surface area contributed by atoms with E-state index in [9.17, 15) is 4.79 Å². The molecule has 0 aliphatic rings. The minimum absolute atomic E-state index is 0.00546. The smallest absolute Gasteiger partial charge is 0.227 e. The summed E-state index contributed by atoms with van der Waals surface area (Å²) in [5, 5.41) is 8.18. The molecule has 6 rings (SSSR count). The second kappa shape index (κ2) is 14.2. The lowest BCUT2D eigenvalue weighted by atomic mass is 10.3. The normalized spacial score (nSPS) is 10.5. The molecule has 0 amide bonds. The molecule has 0 radical (unpaired) electrons. The fourth-order valence-corrected chi connectivity index (χ4v) is 5.70. The number of nitrogens with zero attached hydrogens (tertiary/aromatic N) is 8. The van der Waals surface area contributed by atoms with Crippen molar-refractivity contribution in [2.45, 2.75) is 27.7 Å². The molecule has 0 saturated heterocycles. The number of aromatic nitrogens is 8. The van der Waals surface area contributed by atoms with E-state index in [-0.39, 0.29) is 5.78 Å². The van der Waals surface area contributed by atoms with Crippen molar-refractivity contribution in [1.82, 2.24) is 39.9 Å². The molecule has 228 valence electrons. The molecule has 6 heterocycles. The largest absolute Gasteiger partial charge is 0.481 e. The van der Waals surface area contributed by atoms with Gasteiger partial charge in [0.05, 0.1) is 47.1 Å². The maximum Gasteiger partial charge on any atom is 0.227 e. The molecule has 45 heavy (non-hydrogen) atoms. The number of Topliss-reactive ketones (excluding diaryl/α,β-unsaturated/α-hetero) is 1. The van der Waals surface area contributed by atoms with Crippen molar-refractivity contribution in [1.29, 1.82) is 0 Å². The Kier molecular flexibility index (Phi) is 9.97. The third kappa shape index (κ3) is 8.17. The molecule has 6 aromatic heterocycles. The Morgan fingerprint density at radius 3 is 1.78 bits per heavy atom. The summed E-state index contributed by atoms with van der Waals surface area (Å²) < 4.78 is 5.03. The topological polar surface area (TPSA) is 153 Å². The number of methoxy groups -OCH3 is 1. The SMILES string of the molecule is CC(=O)c1sc(-c2ccnc(Nc3ccc(Cl)nc3)n2)nc1C.COc1ccc(Nc2nccc(-c3nc(C)c(C)s3)n2)cn1. The van der Waals surface area contributed by atoms with Crippen molar-refractivity contribution in [3.8, 4) is 27.3 Å². The first-order valence-electron chi connectivity index (χ1n) is 13.4. The van der Waals surface area contributed by atoms with Crippen LogP contribution in [-0.4, -0.2) is 52.8 Å². The molecule has 0 aromatic carbocycles. The van der Waals surface area contributed by atoms with Gasteiger partial charge < -0.3 is 15.4 Å². The van der Waals surface area contributed by atoms with Crippen LogP contribution in [0.15, 0.2) is 61.2 Å². The van der Waals surface area contributed by atoms with E-state index in [4.69, 9.17) is 16.3 Å². The summed E-state index contributed by atoms with van der Waals surface area (Å²) in [6, 6.07) is 10.7. The van der Waals surface area contributed by atoms with E-state index in [1.807, 2.05) is 26.0 Å². The number of halogens is 1. The van der Waals surface area contributed by atoms with Gasteiger partial charge in [0.25, 0.3) is 0 Å². The second-order valence-electron chi connectivity index (χ2n) is 9.39. The van der Waals surface area contributed by atoms with Gasteiger partial charge in [0.15, 0.2) is 5.78 Å². The van der Waals surface area contributed by atoms with E-state index >= 15 is 0 Å². The maximum absolute atomic E-state index is 11.6. The number of nitrogens with one attached hydrogen (secondary N) is 2. The standard InChI is InChI=1S/C15H12ClN5OS.C15H15N5OS/c1-8-13(9(2)22)23-14(19-8)11-5-6-17-15(21-11)20-10-3-4-12(16)18-7-10;1-9-10(2)22-14(18-9)12-6-7-16-15(20-12)19-11-4-5-13(21-3)17-8-11/h3-7H,1-2H3,(H,17,20,21);4-8H,1-3H3,(H,16,19,20). The van der Waals surface area contributed by atoms with Crippen molar-refractivity contribution in [2.24, 2.45) is 0 Å². The summed E-state index contributed by atoms with van der Waals surface area (Å²) in [7, 11) is 1.58. The summed E-state index contributed by atoms with van der Waals surface area (Å²) in [5.74, 6) is 1.50. The number of anilines is 4. The zero-order valence-electron chi connectivity index (χ0n) is 24.9. The molecule has 0 unspecified atom stereocenters. The van der Waals surface area contributed by atoms with Crippen LogP contribution in [0.1, 0.15) is 32.9 Å². The van der Waals surface area contributed by atoms with Gasteiger partial charge >= 0.3 is 0 Å². The Labute approximate surface area is 272 Å². The monoisotopic (exact) mass is 658 g/mol. The molecular formula is C30H27ClN10O2S2. The van der Waals surface area contributed by atoms with E-state index in [1.165, 1.54) is 23.1 Å². The average Bonchev–Trinajstić information content (AvgIpc) is 3.60. The summed E-state index contributed by atoms with van der Waals surface area (Å²) in [5.41, 5.74) is 4.74. The van der Waals surface area contributed by atoms with Crippen LogP contribution in [-0.2, 0) is 0 Å². The van der Waals surface area contributed by atoms with Crippen LogP contribution in [0.25, 0.3) is 21.4 Å². The van der Waals surface area contributed by atoms with Crippen molar-refractivity contribution in [3.63, 3.8) is 0 Å². The highest BCUT2D eigenvalue weighted by Crippen LogP contribution is 2.28. The first-order valence-corrected chi connectivity index (χ1v) is 15.4. The number of hydrogen-bond donors (Lipinski definition) is 2. The average molecular weight is 659 g/mol. The Bertz CT molecular complexity index is 1910. The quantitative estimate of drug-likeness (QED) is 0.125. The van der Waals surface area contributed by atoms with Crippen molar-refractivity contribution in [3.05, 3.63) is 87.5 Å². The van der Waals surface area contributed by atoms with Crippen molar-refractivity contribution < 1.29 is 9.53 Å². The number of pyridine rings is 2. The number of thiazole rings is 2. The Morgan fingerprint density at radius 1 is 0.733 bits per heavy atom. The van der Waals surface area contributed by atoms with Gasteiger partial charge in [0, 0.05) is 30.3 Å². The Balaban J connectivity index is 0.000000178. The van der Waals surface area contributed by atoms with Gasteiger partial charge in [0.1, 0.15) is 26.6 Å². The molecule has 0 atom stereocenters. The van der Waals surface area contributed by atoms with Gasteiger partial charge in [0.2, 0.25) is 17.8 Å². The van der Waals surface area contributed by atoms with Crippen LogP contribution < -0.4 is 15.4 Å². The predicted octanol–water partition coefficient (Wildman–Crippen LogP) is 7.27. The van der Waals surface area contributed by atoms with Gasteiger partial charge in [-0.25, -0.2) is 39.9 Å². The third-order valence-corrected chi connectivity index (χ3v) is 8.68. The Hall–Kier alpha value is -4.92. The highest BCUT2D eigenvalue weighted by Gasteiger charge is 2.14. The fourth-order valence-electron chi connectivity index (χ4n) is 3.77. The first-order chi connectivity index (χ1) is 21.7. The van der Waals surface area contributed by atoms with Crippen molar-refractivity contribution in [2.75, 3.05) is 17.7 Å². The van der Waals surface area contributed by atoms with Crippen LogP contribution in [0.5, 0.6) is 5.88 Å². The second-order valence-corrected chi connectivity index (χ2v) is 12.0. The number of aryl methyl sites for hydroxylation is 3. The van der Waals surface area contributed by atoms with Gasteiger partial charge in [-0.05, 0) is 51.1 Å². The summed E-state index contributed by atoms with van der Waals surface area (Å²) in [6.07, 6.45) is 6.62. The van der Waals surface area contributed by atoms with Crippen molar-refractivity contribution >= 4 is 63.3 Å². The lowest BCUT2D eigenvalue weighted by Crippen LogP contribution is -1.98. The van der Waals surface area contributed by atoms with Gasteiger partial charge in [-0.15, -0.1) is 22.7 Å².